The molecule has 0 radical (unpaired) electrons. The van der Waals surface area contributed by atoms with E-state index in [1.165, 1.54) is 17.5 Å². The van der Waals surface area contributed by atoms with Crippen molar-refractivity contribution in [3.8, 4) is 0 Å². The molecule has 0 saturated carbocycles. The number of nitrogens with one attached hydrogen (secondary N) is 3. The number of piperidine rings is 1. The highest BCUT2D eigenvalue weighted by Crippen LogP contribution is 2.32. The number of aryl methyl sites for hydroxylation is 3. The number of amides is 1. The Hall–Kier alpha value is -3.86. The number of hydrogen-bond acceptors (Lipinski definition) is 8. The summed E-state index contributed by atoms with van der Waals surface area (Å²) in [5.41, 5.74) is 6.47. The van der Waals surface area contributed by atoms with E-state index in [2.05, 4.69) is 36.2 Å². The second-order valence-corrected chi connectivity index (χ2v) is 11.2. The van der Waals surface area contributed by atoms with Gasteiger partial charge in [-0.2, -0.15) is 5.10 Å². The number of rotatable bonds is 7. The van der Waals surface area contributed by atoms with Crippen LogP contribution < -0.4 is 20.5 Å². The van der Waals surface area contributed by atoms with Crippen molar-refractivity contribution in [2.75, 3.05) is 29.6 Å². The summed E-state index contributed by atoms with van der Waals surface area (Å²) < 4.78 is 4.43. The van der Waals surface area contributed by atoms with Gasteiger partial charge in [-0.3, -0.25) is 24.0 Å². The van der Waals surface area contributed by atoms with Gasteiger partial charge in [-0.15, -0.1) is 0 Å². The van der Waals surface area contributed by atoms with Crippen LogP contribution >= 0.6 is 11.9 Å². The molecule has 0 bridgehead atoms. The van der Waals surface area contributed by atoms with Gasteiger partial charge in [-0.05, 0) is 69.9 Å². The minimum atomic E-state index is -0.262. The van der Waals surface area contributed by atoms with E-state index in [1.807, 2.05) is 52.1 Å². The zero-order chi connectivity index (χ0) is 28.6. The largest absolute Gasteiger partial charge is 0.377 e. The third kappa shape index (κ3) is 5.30. The molecule has 1 aromatic carbocycles. The first-order chi connectivity index (χ1) is 19.2. The first-order valence-electron chi connectivity index (χ1n) is 13.5. The van der Waals surface area contributed by atoms with Crippen LogP contribution in [0.5, 0.6) is 0 Å². The average Bonchev–Trinajstić information content (AvgIpc) is 3.37. The van der Waals surface area contributed by atoms with Crippen molar-refractivity contribution in [2.24, 2.45) is 7.05 Å². The number of benzene rings is 1. The number of aromatic amines is 1. The van der Waals surface area contributed by atoms with E-state index in [4.69, 9.17) is 4.98 Å². The van der Waals surface area contributed by atoms with Gasteiger partial charge in [0.2, 0.25) is 5.95 Å². The summed E-state index contributed by atoms with van der Waals surface area (Å²) in [6, 6.07) is 7.47. The molecule has 210 valence electrons. The third-order valence-corrected chi connectivity index (χ3v) is 8.02. The number of anilines is 2. The molecule has 1 aliphatic rings. The number of nitrogens with zero attached hydrogens (tertiary/aromatic N) is 5. The number of H-pyrrole nitrogens is 1. The van der Waals surface area contributed by atoms with Crippen LogP contribution in [0.2, 0.25) is 0 Å². The molecule has 5 rings (SSSR count). The van der Waals surface area contributed by atoms with Gasteiger partial charge < -0.3 is 10.2 Å². The van der Waals surface area contributed by atoms with Gasteiger partial charge in [0.25, 0.3) is 11.5 Å². The van der Waals surface area contributed by atoms with Gasteiger partial charge in [0.15, 0.2) is 5.69 Å². The van der Waals surface area contributed by atoms with Gasteiger partial charge >= 0.3 is 0 Å². The smallest absolute Gasteiger partial charge is 0.281 e. The normalized spacial score (nSPS) is 16.2. The molecule has 1 aliphatic heterocycles. The fourth-order valence-corrected chi connectivity index (χ4v) is 5.92. The Kier molecular flexibility index (Phi) is 7.84. The maximum atomic E-state index is 13.7. The number of fused-ring (bicyclic) bond motifs is 1. The lowest BCUT2D eigenvalue weighted by Gasteiger charge is -2.34. The van der Waals surface area contributed by atoms with Gasteiger partial charge in [-0.1, -0.05) is 18.0 Å². The lowest BCUT2D eigenvalue weighted by atomic mass is 9.91. The van der Waals surface area contributed by atoms with Crippen LogP contribution in [0.15, 0.2) is 35.3 Å². The highest BCUT2D eigenvalue weighted by molar-refractivity contribution is 7.97. The number of hydrogen-bond donors (Lipinski definition) is 3. The van der Waals surface area contributed by atoms with E-state index < -0.39 is 0 Å². The van der Waals surface area contributed by atoms with Crippen molar-refractivity contribution in [1.82, 2.24) is 29.5 Å². The van der Waals surface area contributed by atoms with Crippen LogP contribution in [0.25, 0.3) is 10.9 Å². The van der Waals surface area contributed by atoms with E-state index in [-0.39, 0.29) is 17.5 Å². The summed E-state index contributed by atoms with van der Waals surface area (Å²) in [7, 11) is 1.80. The Bertz CT molecular complexity index is 1630. The van der Waals surface area contributed by atoms with Gasteiger partial charge in [0.1, 0.15) is 0 Å². The molecule has 0 spiro atoms. The van der Waals surface area contributed by atoms with Crippen molar-refractivity contribution in [3.63, 3.8) is 0 Å². The molecular weight excluding hydrogens is 524 g/mol. The number of pyridine rings is 1. The fraction of sp³-hybridized carbons (Fsp3) is 0.414. The quantitative estimate of drug-likeness (QED) is 0.282. The highest BCUT2D eigenvalue weighted by Gasteiger charge is 2.27. The van der Waals surface area contributed by atoms with E-state index >= 15 is 0 Å². The zero-order valence-corrected chi connectivity index (χ0v) is 24.6. The second kappa shape index (κ2) is 11.3. The lowest BCUT2D eigenvalue weighted by Crippen LogP contribution is -2.39. The first-order valence-corrected chi connectivity index (χ1v) is 14.7. The predicted octanol–water partition coefficient (Wildman–Crippen LogP) is 4.54. The zero-order valence-electron chi connectivity index (χ0n) is 23.8. The molecule has 1 amide bonds. The van der Waals surface area contributed by atoms with Gasteiger partial charge in [0, 0.05) is 49.3 Å². The summed E-state index contributed by atoms with van der Waals surface area (Å²) in [5, 5.41) is 11.3. The molecule has 3 N–H and O–H groups in total. The number of aromatic nitrogens is 5. The van der Waals surface area contributed by atoms with Crippen LogP contribution in [-0.4, -0.2) is 50.0 Å². The molecule has 1 saturated heterocycles. The second-order valence-electron chi connectivity index (χ2n) is 10.6. The Morgan fingerprint density at radius 2 is 2.00 bits per heavy atom. The maximum Gasteiger partial charge on any atom is 0.281 e. The Labute approximate surface area is 238 Å². The first kappa shape index (κ1) is 27.7. The Morgan fingerprint density at radius 3 is 2.73 bits per heavy atom. The number of carbonyl (C=O) groups is 1. The van der Waals surface area contributed by atoms with Crippen molar-refractivity contribution < 1.29 is 4.79 Å². The van der Waals surface area contributed by atoms with Crippen molar-refractivity contribution >= 4 is 40.4 Å². The number of carbonyl (C=O) groups excluding carboxylic acids is 1. The van der Waals surface area contributed by atoms with Crippen LogP contribution in [0.3, 0.4) is 0 Å². The van der Waals surface area contributed by atoms with Crippen molar-refractivity contribution in [2.45, 2.75) is 52.5 Å². The molecule has 10 nitrogen and oxygen atoms in total. The molecule has 3 aromatic heterocycles. The van der Waals surface area contributed by atoms with E-state index in [0.717, 1.165) is 48.4 Å². The van der Waals surface area contributed by atoms with Crippen LogP contribution in [-0.2, 0) is 7.05 Å². The summed E-state index contributed by atoms with van der Waals surface area (Å²) in [6.45, 7) is 9.50. The lowest BCUT2D eigenvalue weighted by molar-refractivity contribution is 0.0980. The SMILES string of the molecule is CSNC(=O)c1nc(C)ccc1NC(C)c1cc(C)cc2c(=O)n(C)c(N3CCCC(c4cn[nH]c4C)C3)nc12. The van der Waals surface area contributed by atoms with E-state index in [9.17, 15) is 9.59 Å². The maximum absolute atomic E-state index is 13.7. The third-order valence-electron chi connectivity index (χ3n) is 7.63. The predicted molar refractivity (Wildman–Crippen MR) is 161 cm³/mol. The minimum Gasteiger partial charge on any atom is -0.377 e. The molecular formula is C29H36N8O2S. The minimum absolute atomic E-state index is 0.0733. The van der Waals surface area contributed by atoms with Crippen LogP contribution in [0, 0.1) is 20.8 Å². The topological polar surface area (TPSA) is 121 Å². The van der Waals surface area contributed by atoms with E-state index in [1.54, 1.807) is 17.9 Å². The average molecular weight is 561 g/mol. The molecule has 2 atom stereocenters. The summed E-state index contributed by atoms with van der Waals surface area (Å²) in [5.74, 6) is 0.720. The molecule has 40 heavy (non-hydrogen) atoms. The van der Waals surface area contributed by atoms with E-state index in [0.29, 0.717) is 34.2 Å². The Balaban J connectivity index is 1.55. The van der Waals surface area contributed by atoms with Gasteiger partial charge in [-0.25, -0.2) is 9.97 Å². The monoisotopic (exact) mass is 560 g/mol. The molecule has 2 unspecified atom stereocenters. The van der Waals surface area contributed by atoms with Gasteiger partial charge in [0.05, 0.1) is 28.8 Å². The molecule has 4 aromatic rings. The Morgan fingerprint density at radius 1 is 1.20 bits per heavy atom. The molecule has 0 aliphatic carbocycles. The molecule has 11 heteroatoms. The summed E-state index contributed by atoms with van der Waals surface area (Å²) >= 11 is 1.23. The molecule has 1 fully saturated rings. The van der Waals surface area contributed by atoms with Crippen LogP contribution in [0.4, 0.5) is 11.6 Å². The molecule has 4 heterocycles. The summed E-state index contributed by atoms with van der Waals surface area (Å²) in [4.78, 5) is 38.3. The van der Waals surface area contributed by atoms with Crippen LogP contribution in [0.1, 0.15) is 70.3 Å². The fourth-order valence-electron chi connectivity index (χ4n) is 5.64. The summed E-state index contributed by atoms with van der Waals surface area (Å²) in [6.07, 6.45) is 5.79. The standard InChI is InChI=1S/C29H36N8O2S/c1-16-12-21(18(3)32-24-10-9-17(2)31-26(24)27(38)35-40-6)25-22(13-16)28(39)36(5)29(33-25)37-11-7-8-20(15-37)23-14-30-34-19(23)4/h9-10,12-14,18,20,32H,7-8,11,15H2,1-6H3,(H,30,34)(H,35,38). The van der Waals surface area contributed by atoms with Crippen molar-refractivity contribution in [3.05, 3.63) is 74.6 Å². The highest BCUT2D eigenvalue weighted by atomic mass is 32.2. The van der Waals surface area contributed by atoms with Crippen molar-refractivity contribution in [1.29, 1.82) is 0 Å².